The molecule has 0 bridgehead atoms. The molecule has 86 valence electrons. The van der Waals surface area contributed by atoms with Crippen LogP contribution in [0.15, 0.2) is 18.3 Å². The molecular weight excluding hydrogens is 222 g/mol. The minimum absolute atomic E-state index is 0.0268. The van der Waals surface area contributed by atoms with Crippen molar-refractivity contribution in [3.8, 4) is 0 Å². The maximum absolute atomic E-state index is 6.19. The number of fused-ring (bicyclic) bond motifs is 1. The van der Waals surface area contributed by atoms with E-state index >= 15 is 0 Å². The zero-order chi connectivity index (χ0) is 11.9. The second-order valence-electron chi connectivity index (χ2n) is 4.91. The lowest BCUT2D eigenvalue weighted by Crippen LogP contribution is -2.15. The molecule has 0 fully saturated rings. The van der Waals surface area contributed by atoms with Gasteiger partial charge in [0.05, 0.1) is 16.2 Å². The highest BCUT2D eigenvalue weighted by atomic mass is 35.5. The Bertz CT molecular complexity index is 523. The highest BCUT2D eigenvalue weighted by Gasteiger charge is 2.22. The first-order valence-electron chi connectivity index (χ1n) is 5.31. The van der Waals surface area contributed by atoms with E-state index in [1.807, 2.05) is 22.7 Å². The summed E-state index contributed by atoms with van der Waals surface area (Å²) in [6, 6.07) is 3.79. The zero-order valence-electron chi connectivity index (χ0n) is 9.79. The van der Waals surface area contributed by atoms with E-state index in [-0.39, 0.29) is 5.41 Å². The van der Waals surface area contributed by atoms with Gasteiger partial charge in [0.2, 0.25) is 0 Å². The Balaban J connectivity index is 2.84. The standard InChI is InChI=1S/C12H16ClN3/c1-12(2,3)11-15-9(7-14)10-8(13)5-4-6-16(10)11/h4-6H,7,14H2,1-3H3. The van der Waals surface area contributed by atoms with Crippen molar-refractivity contribution in [2.45, 2.75) is 32.7 Å². The van der Waals surface area contributed by atoms with Crippen LogP contribution in [0.4, 0.5) is 0 Å². The van der Waals surface area contributed by atoms with Gasteiger partial charge in [0.1, 0.15) is 5.82 Å². The predicted octanol–water partition coefficient (Wildman–Crippen LogP) is 2.74. The van der Waals surface area contributed by atoms with E-state index < -0.39 is 0 Å². The first kappa shape index (κ1) is 11.4. The van der Waals surface area contributed by atoms with Crippen molar-refractivity contribution in [1.29, 1.82) is 0 Å². The van der Waals surface area contributed by atoms with Crippen LogP contribution in [0.1, 0.15) is 32.3 Å². The van der Waals surface area contributed by atoms with E-state index in [1.54, 1.807) is 0 Å². The van der Waals surface area contributed by atoms with Gasteiger partial charge < -0.3 is 10.1 Å². The molecule has 0 spiro atoms. The molecule has 0 aliphatic heterocycles. The van der Waals surface area contributed by atoms with Gasteiger partial charge in [-0.3, -0.25) is 0 Å². The number of aromatic nitrogens is 2. The number of rotatable bonds is 1. The fourth-order valence-corrected chi connectivity index (χ4v) is 2.11. The summed E-state index contributed by atoms with van der Waals surface area (Å²) in [6.07, 6.45) is 1.98. The molecule has 2 aromatic heterocycles. The first-order valence-corrected chi connectivity index (χ1v) is 5.69. The number of halogens is 1. The van der Waals surface area contributed by atoms with Gasteiger partial charge in [-0.1, -0.05) is 32.4 Å². The fraction of sp³-hybridized carbons (Fsp3) is 0.417. The average Bonchev–Trinajstić information content (AvgIpc) is 2.57. The smallest absolute Gasteiger partial charge is 0.119 e. The van der Waals surface area contributed by atoms with Crippen LogP contribution < -0.4 is 5.73 Å². The largest absolute Gasteiger partial charge is 0.325 e. The SMILES string of the molecule is CC(C)(C)c1nc(CN)c2c(Cl)cccn12. The molecule has 0 unspecified atom stereocenters. The van der Waals surface area contributed by atoms with E-state index in [0.29, 0.717) is 11.6 Å². The third-order valence-corrected chi connectivity index (χ3v) is 2.86. The quantitative estimate of drug-likeness (QED) is 0.829. The van der Waals surface area contributed by atoms with Gasteiger partial charge >= 0.3 is 0 Å². The van der Waals surface area contributed by atoms with E-state index in [1.165, 1.54) is 0 Å². The molecular formula is C12H16ClN3. The molecule has 0 saturated carbocycles. The summed E-state index contributed by atoms with van der Waals surface area (Å²) in [5.74, 6) is 0.991. The molecule has 2 rings (SSSR count). The normalized spacial score (nSPS) is 12.3. The van der Waals surface area contributed by atoms with Crippen molar-refractivity contribution in [2.24, 2.45) is 5.73 Å². The fourth-order valence-electron chi connectivity index (χ4n) is 1.84. The van der Waals surface area contributed by atoms with E-state index in [4.69, 9.17) is 17.3 Å². The van der Waals surface area contributed by atoms with Gasteiger partial charge in [-0.05, 0) is 12.1 Å². The summed E-state index contributed by atoms with van der Waals surface area (Å²) in [6.45, 7) is 6.79. The van der Waals surface area contributed by atoms with Gasteiger partial charge in [-0.25, -0.2) is 4.98 Å². The Morgan fingerprint density at radius 2 is 2.12 bits per heavy atom. The lowest BCUT2D eigenvalue weighted by Gasteiger charge is -2.16. The summed E-state index contributed by atoms with van der Waals surface area (Å²) in [7, 11) is 0. The van der Waals surface area contributed by atoms with Crippen LogP contribution in [-0.2, 0) is 12.0 Å². The first-order chi connectivity index (χ1) is 7.45. The van der Waals surface area contributed by atoms with Gasteiger partial charge in [-0.15, -0.1) is 0 Å². The van der Waals surface area contributed by atoms with Crippen LogP contribution in [0.5, 0.6) is 0 Å². The third-order valence-electron chi connectivity index (χ3n) is 2.55. The van der Waals surface area contributed by atoms with Crippen LogP contribution in [-0.4, -0.2) is 9.38 Å². The number of nitrogens with zero attached hydrogens (tertiary/aromatic N) is 2. The minimum atomic E-state index is -0.0268. The number of pyridine rings is 1. The molecule has 0 saturated heterocycles. The lowest BCUT2D eigenvalue weighted by molar-refractivity contribution is 0.541. The lowest BCUT2D eigenvalue weighted by atomic mass is 9.96. The molecule has 0 amide bonds. The summed E-state index contributed by atoms with van der Waals surface area (Å²) < 4.78 is 2.03. The van der Waals surface area contributed by atoms with Crippen molar-refractivity contribution in [2.75, 3.05) is 0 Å². The van der Waals surface area contributed by atoms with Crippen molar-refractivity contribution >= 4 is 17.1 Å². The number of hydrogen-bond donors (Lipinski definition) is 1. The molecule has 2 heterocycles. The average molecular weight is 238 g/mol. The van der Waals surface area contributed by atoms with Gasteiger partial charge in [0.25, 0.3) is 0 Å². The van der Waals surface area contributed by atoms with Crippen molar-refractivity contribution in [3.05, 3.63) is 34.9 Å². The number of imidazole rings is 1. The molecule has 4 heteroatoms. The molecule has 0 aromatic carbocycles. The molecule has 0 atom stereocenters. The van der Waals surface area contributed by atoms with Crippen LogP contribution in [0, 0.1) is 0 Å². The molecule has 2 N–H and O–H groups in total. The second-order valence-corrected chi connectivity index (χ2v) is 5.32. The van der Waals surface area contributed by atoms with Gasteiger partial charge in [0.15, 0.2) is 0 Å². The monoisotopic (exact) mass is 237 g/mol. The van der Waals surface area contributed by atoms with Crippen LogP contribution in [0.25, 0.3) is 5.52 Å². The van der Waals surface area contributed by atoms with Crippen LogP contribution >= 0.6 is 11.6 Å². The third kappa shape index (κ3) is 1.70. The highest BCUT2D eigenvalue weighted by Crippen LogP contribution is 2.28. The number of nitrogens with two attached hydrogens (primary N) is 1. The van der Waals surface area contributed by atoms with E-state index in [0.717, 1.165) is 17.0 Å². The van der Waals surface area contributed by atoms with Crippen molar-refractivity contribution in [1.82, 2.24) is 9.38 Å². The highest BCUT2D eigenvalue weighted by molar-refractivity contribution is 6.34. The molecule has 0 radical (unpaired) electrons. The second kappa shape index (κ2) is 3.75. The maximum Gasteiger partial charge on any atom is 0.119 e. The molecule has 16 heavy (non-hydrogen) atoms. The summed E-state index contributed by atoms with van der Waals surface area (Å²) >= 11 is 6.19. The van der Waals surface area contributed by atoms with E-state index in [2.05, 4.69) is 25.8 Å². The van der Waals surface area contributed by atoms with Crippen molar-refractivity contribution < 1.29 is 0 Å². The van der Waals surface area contributed by atoms with Gasteiger partial charge in [0, 0.05) is 18.2 Å². The molecule has 0 aliphatic carbocycles. The summed E-state index contributed by atoms with van der Waals surface area (Å²) in [4.78, 5) is 4.59. The van der Waals surface area contributed by atoms with Crippen molar-refractivity contribution in [3.63, 3.8) is 0 Å². The Labute approximate surface area is 100 Å². The van der Waals surface area contributed by atoms with Crippen LogP contribution in [0.2, 0.25) is 5.02 Å². The Hall–Kier alpha value is -1.06. The van der Waals surface area contributed by atoms with Crippen LogP contribution in [0.3, 0.4) is 0 Å². The summed E-state index contributed by atoms with van der Waals surface area (Å²) in [5, 5.41) is 0.700. The molecule has 0 aliphatic rings. The Morgan fingerprint density at radius 1 is 1.44 bits per heavy atom. The summed E-state index contributed by atoms with van der Waals surface area (Å²) in [5.41, 5.74) is 7.46. The molecule has 3 nitrogen and oxygen atoms in total. The predicted molar refractivity (Wildman–Crippen MR) is 66.8 cm³/mol. The minimum Gasteiger partial charge on any atom is -0.325 e. The molecule has 2 aromatic rings. The maximum atomic E-state index is 6.19. The van der Waals surface area contributed by atoms with E-state index in [9.17, 15) is 0 Å². The number of hydrogen-bond acceptors (Lipinski definition) is 2. The Kier molecular flexibility index (Phi) is 2.68. The topological polar surface area (TPSA) is 43.3 Å². The zero-order valence-corrected chi connectivity index (χ0v) is 10.5. The van der Waals surface area contributed by atoms with Gasteiger partial charge in [-0.2, -0.15) is 0 Å². The Morgan fingerprint density at radius 3 is 2.69 bits per heavy atom.